The summed E-state index contributed by atoms with van der Waals surface area (Å²) in [5, 5.41) is 3.37. The van der Waals surface area contributed by atoms with Gasteiger partial charge in [0.25, 0.3) is 0 Å². The minimum Gasteiger partial charge on any atom is -0.384 e. The molecule has 2 saturated heterocycles. The van der Waals surface area contributed by atoms with E-state index in [1.54, 1.807) is 7.11 Å². The fourth-order valence-electron chi connectivity index (χ4n) is 2.99. The first-order chi connectivity index (χ1) is 8.88. The lowest BCUT2D eigenvalue weighted by Gasteiger charge is -2.23. The van der Waals surface area contributed by atoms with Gasteiger partial charge < -0.3 is 19.7 Å². The first-order valence-corrected chi connectivity index (χ1v) is 7.42. The van der Waals surface area contributed by atoms with Crippen LogP contribution in [-0.4, -0.2) is 64.1 Å². The molecule has 0 bridgehead atoms. The van der Waals surface area contributed by atoms with Crippen LogP contribution >= 0.6 is 0 Å². The van der Waals surface area contributed by atoms with E-state index in [0.717, 1.165) is 32.2 Å². The second kappa shape index (κ2) is 8.10. The molecule has 0 spiro atoms. The number of likely N-dealkylation sites (tertiary alicyclic amines) is 1. The summed E-state index contributed by atoms with van der Waals surface area (Å²) >= 11 is 0. The van der Waals surface area contributed by atoms with E-state index in [0.29, 0.717) is 6.10 Å². The van der Waals surface area contributed by atoms with Crippen molar-refractivity contribution in [3.8, 4) is 0 Å². The van der Waals surface area contributed by atoms with Gasteiger partial charge in [-0.15, -0.1) is 0 Å². The van der Waals surface area contributed by atoms with Crippen molar-refractivity contribution in [2.45, 2.75) is 31.8 Å². The molecule has 2 fully saturated rings. The molecule has 1 unspecified atom stereocenters. The quantitative estimate of drug-likeness (QED) is 0.692. The summed E-state index contributed by atoms with van der Waals surface area (Å²) in [7, 11) is 1.80. The molecule has 2 heterocycles. The maximum Gasteiger partial charge on any atom is 0.0599 e. The predicted molar refractivity (Wildman–Crippen MR) is 72.9 cm³/mol. The molecule has 0 aromatic rings. The van der Waals surface area contributed by atoms with Gasteiger partial charge in [0.05, 0.1) is 12.7 Å². The molecule has 4 heteroatoms. The van der Waals surface area contributed by atoms with Crippen molar-refractivity contribution in [1.29, 1.82) is 0 Å². The van der Waals surface area contributed by atoms with E-state index in [9.17, 15) is 0 Å². The highest BCUT2D eigenvalue weighted by atomic mass is 16.5. The number of nitrogens with zero attached hydrogens (tertiary/aromatic N) is 1. The van der Waals surface area contributed by atoms with Crippen LogP contribution in [0.25, 0.3) is 0 Å². The molecule has 1 atom stereocenters. The lowest BCUT2D eigenvalue weighted by atomic mass is 10.1. The van der Waals surface area contributed by atoms with Crippen molar-refractivity contribution < 1.29 is 9.47 Å². The number of piperidine rings is 1. The molecular formula is C14H28N2O2. The molecule has 1 N–H and O–H groups in total. The van der Waals surface area contributed by atoms with Gasteiger partial charge in [-0.25, -0.2) is 0 Å². The molecule has 106 valence electrons. The van der Waals surface area contributed by atoms with Crippen LogP contribution < -0.4 is 5.32 Å². The average Bonchev–Trinajstić information content (AvgIpc) is 2.84. The van der Waals surface area contributed by atoms with Crippen molar-refractivity contribution in [1.82, 2.24) is 10.2 Å². The molecule has 0 saturated carbocycles. The van der Waals surface area contributed by atoms with Crippen molar-refractivity contribution >= 4 is 0 Å². The van der Waals surface area contributed by atoms with E-state index in [1.807, 2.05) is 0 Å². The minimum absolute atomic E-state index is 0.506. The van der Waals surface area contributed by atoms with Gasteiger partial charge in [0.1, 0.15) is 0 Å². The Kier molecular flexibility index (Phi) is 6.41. The molecule has 0 radical (unpaired) electrons. The third kappa shape index (κ3) is 4.84. The molecule has 18 heavy (non-hydrogen) atoms. The zero-order valence-electron chi connectivity index (χ0n) is 11.7. The minimum atomic E-state index is 0.506. The van der Waals surface area contributed by atoms with Crippen molar-refractivity contribution in [2.75, 3.05) is 53.0 Å². The number of hydrogen-bond acceptors (Lipinski definition) is 4. The summed E-state index contributed by atoms with van der Waals surface area (Å²) in [6.07, 6.45) is 5.33. The predicted octanol–water partition coefficient (Wildman–Crippen LogP) is 1.11. The van der Waals surface area contributed by atoms with Gasteiger partial charge in [-0.05, 0) is 51.2 Å². The van der Waals surface area contributed by atoms with E-state index in [2.05, 4.69) is 10.2 Å². The van der Waals surface area contributed by atoms with E-state index < -0.39 is 0 Å². The van der Waals surface area contributed by atoms with Crippen molar-refractivity contribution in [2.24, 2.45) is 5.92 Å². The van der Waals surface area contributed by atoms with Crippen LogP contribution in [0.4, 0.5) is 0 Å². The van der Waals surface area contributed by atoms with Gasteiger partial charge in [-0.3, -0.25) is 0 Å². The number of ether oxygens (including phenoxy) is 2. The Morgan fingerprint density at radius 1 is 1.22 bits per heavy atom. The molecule has 4 nitrogen and oxygen atoms in total. The Bertz CT molecular complexity index is 220. The number of nitrogens with one attached hydrogen (secondary N) is 1. The van der Waals surface area contributed by atoms with Crippen LogP contribution in [0.5, 0.6) is 0 Å². The first-order valence-electron chi connectivity index (χ1n) is 7.42. The molecule has 0 aromatic carbocycles. The van der Waals surface area contributed by atoms with Crippen LogP contribution in [0, 0.1) is 5.92 Å². The zero-order valence-corrected chi connectivity index (χ0v) is 11.7. The summed E-state index contributed by atoms with van der Waals surface area (Å²) in [4.78, 5) is 2.55. The van der Waals surface area contributed by atoms with E-state index in [-0.39, 0.29) is 0 Å². The van der Waals surface area contributed by atoms with Crippen LogP contribution in [0.2, 0.25) is 0 Å². The van der Waals surface area contributed by atoms with E-state index in [4.69, 9.17) is 9.47 Å². The third-order valence-corrected chi connectivity index (χ3v) is 4.03. The highest BCUT2D eigenvalue weighted by Crippen LogP contribution is 2.16. The monoisotopic (exact) mass is 256 g/mol. The Morgan fingerprint density at radius 3 is 2.83 bits per heavy atom. The van der Waals surface area contributed by atoms with Gasteiger partial charge in [-0.1, -0.05) is 0 Å². The Morgan fingerprint density at radius 2 is 2.06 bits per heavy atom. The first kappa shape index (κ1) is 14.3. The van der Waals surface area contributed by atoms with Crippen molar-refractivity contribution in [3.63, 3.8) is 0 Å². The van der Waals surface area contributed by atoms with Crippen LogP contribution in [-0.2, 0) is 9.47 Å². The standard InChI is InChI=1S/C14H28N2O2/c1-17-12-13-5-9-16(11-13)8-2-10-18-14-3-6-15-7-4-14/h13-15H,2-12H2,1H3. The smallest absolute Gasteiger partial charge is 0.0599 e. The summed E-state index contributed by atoms with van der Waals surface area (Å²) < 4.78 is 11.1. The lowest BCUT2D eigenvalue weighted by Crippen LogP contribution is -2.33. The van der Waals surface area contributed by atoms with Gasteiger partial charge in [-0.2, -0.15) is 0 Å². The van der Waals surface area contributed by atoms with Gasteiger partial charge in [0.15, 0.2) is 0 Å². The van der Waals surface area contributed by atoms with Gasteiger partial charge in [0, 0.05) is 26.8 Å². The van der Waals surface area contributed by atoms with Crippen LogP contribution in [0.3, 0.4) is 0 Å². The summed E-state index contributed by atoms with van der Waals surface area (Å²) in [5.41, 5.74) is 0. The molecule has 2 aliphatic heterocycles. The third-order valence-electron chi connectivity index (χ3n) is 4.03. The topological polar surface area (TPSA) is 33.7 Å². The lowest BCUT2D eigenvalue weighted by molar-refractivity contribution is 0.0283. The summed E-state index contributed by atoms with van der Waals surface area (Å²) in [5.74, 6) is 0.750. The summed E-state index contributed by atoms with van der Waals surface area (Å²) in [6, 6.07) is 0. The largest absolute Gasteiger partial charge is 0.384 e. The van der Waals surface area contributed by atoms with Crippen molar-refractivity contribution in [3.05, 3.63) is 0 Å². The van der Waals surface area contributed by atoms with E-state index in [1.165, 1.54) is 45.3 Å². The molecule has 2 aliphatic rings. The molecular weight excluding hydrogens is 228 g/mol. The van der Waals surface area contributed by atoms with E-state index >= 15 is 0 Å². The Balaban J connectivity index is 1.48. The SMILES string of the molecule is COCC1CCN(CCCOC2CCNCC2)C1. The van der Waals surface area contributed by atoms with Gasteiger partial charge in [0.2, 0.25) is 0 Å². The zero-order chi connectivity index (χ0) is 12.6. The maximum atomic E-state index is 5.93. The number of hydrogen-bond donors (Lipinski definition) is 1. The average molecular weight is 256 g/mol. The number of rotatable bonds is 7. The molecule has 2 rings (SSSR count). The fraction of sp³-hybridized carbons (Fsp3) is 1.00. The molecule has 0 aliphatic carbocycles. The second-order valence-corrected chi connectivity index (χ2v) is 5.58. The van der Waals surface area contributed by atoms with Crippen LogP contribution in [0.15, 0.2) is 0 Å². The number of methoxy groups -OCH3 is 1. The second-order valence-electron chi connectivity index (χ2n) is 5.58. The fourth-order valence-corrected chi connectivity index (χ4v) is 2.99. The summed E-state index contributed by atoms with van der Waals surface area (Å²) in [6.45, 7) is 7.72. The molecule has 0 aromatic heterocycles. The van der Waals surface area contributed by atoms with Crippen LogP contribution in [0.1, 0.15) is 25.7 Å². The Hall–Kier alpha value is -0.160. The normalized spacial score (nSPS) is 26.8. The highest BCUT2D eigenvalue weighted by Gasteiger charge is 2.21. The Labute approximate surface area is 111 Å². The highest BCUT2D eigenvalue weighted by molar-refractivity contribution is 4.75. The van der Waals surface area contributed by atoms with Gasteiger partial charge >= 0.3 is 0 Å². The molecule has 0 amide bonds. The maximum absolute atomic E-state index is 5.93.